The van der Waals surface area contributed by atoms with E-state index in [0.29, 0.717) is 19.6 Å². The van der Waals surface area contributed by atoms with Crippen molar-refractivity contribution in [3.63, 3.8) is 0 Å². The Morgan fingerprint density at radius 3 is 2.45 bits per heavy atom. The molecule has 0 bridgehead atoms. The van der Waals surface area contributed by atoms with Crippen LogP contribution >= 0.6 is 0 Å². The molecule has 2 aliphatic heterocycles. The molecule has 1 aliphatic carbocycles. The number of hydrogen-bond acceptors (Lipinski definition) is 6. The molecule has 3 N–H and O–H groups in total. The van der Waals surface area contributed by atoms with E-state index in [1.165, 1.54) is 0 Å². The summed E-state index contributed by atoms with van der Waals surface area (Å²) >= 11 is 0. The summed E-state index contributed by atoms with van der Waals surface area (Å²) in [6.45, 7) is 2.74. The maximum absolute atomic E-state index is 9.72. The molecule has 0 aromatic heterocycles. The molecule has 0 radical (unpaired) electrons. The van der Waals surface area contributed by atoms with Crippen LogP contribution in [0, 0.1) is 45.3 Å². The summed E-state index contributed by atoms with van der Waals surface area (Å²) < 4.78 is 11.4. The van der Waals surface area contributed by atoms with Gasteiger partial charge in [0.1, 0.15) is 24.7 Å². The molecule has 22 heavy (non-hydrogen) atoms. The lowest BCUT2D eigenvalue weighted by Gasteiger charge is -2.48. The number of nitriles is 3. The molecule has 114 valence electrons. The van der Waals surface area contributed by atoms with Crippen molar-refractivity contribution < 1.29 is 14.4 Å². The topological polar surface area (TPSA) is 120 Å². The van der Waals surface area contributed by atoms with Crippen LogP contribution in [0.4, 0.5) is 0 Å². The van der Waals surface area contributed by atoms with Gasteiger partial charge in [-0.15, -0.1) is 0 Å². The highest BCUT2D eigenvalue weighted by Crippen LogP contribution is 2.53. The van der Waals surface area contributed by atoms with Gasteiger partial charge in [-0.3, -0.25) is 4.90 Å². The third-order valence-corrected chi connectivity index (χ3v) is 5.22. The molecule has 1 saturated carbocycles. The summed E-state index contributed by atoms with van der Waals surface area (Å²) in [5.74, 6) is -0.409. The Balaban J connectivity index is 2.14. The SMILES string of the molecule is N#CC1=C(N)O[C@@]2([NH+]3CCOCC3)CCC[C@H]2C1(C#N)C#N. The highest BCUT2D eigenvalue weighted by Gasteiger charge is 2.67. The van der Waals surface area contributed by atoms with Crippen LogP contribution in [0.25, 0.3) is 0 Å². The summed E-state index contributed by atoms with van der Waals surface area (Å²) in [5, 5.41) is 28.8. The number of allylic oxidation sites excluding steroid dienone is 1. The summed E-state index contributed by atoms with van der Waals surface area (Å²) in [6, 6.07) is 6.11. The number of morpholine rings is 1. The van der Waals surface area contributed by atoms with Crippen LogP contribution in [0.1, 0.15) is 19.3 Å². The van der Waals surface area contributed by atoms with E-state index in [9.17, 15) is 15.8 Å². The molecule has 7 heteroatoms. The van der Waals surface area contributed by atoms with Crippen molar-refractivity contribution in [2.75, 3.05) is 26.3 Å². The first-order chi connectivity index (χ1) is 10.6. The fourth-order valence-electron chi connectivity index (χ4n) is 4.25. The minimum absolute atomic E-state index is 0.0346. The summed E-state index contributed by atoms with van der Waals surface area (Å²) in [4.78, 5) is 1.16. The van der Waals surface area contributed by atoms with E-state index in [4.69, 9.17) is 15.2 Å². The lowest BCUT2D eigenvalue weighted by Crippen LogP contribution is -3.23. The van der Waals surface area contributed by atoms with Crippen molar-refractivity contribution in [2.45, 2.75) is 25.0 Å². The minimum Gasteiger partial charge on any atom is -0.424 e. The fourth-order valence-corrected chi connectivity index (χ4v) is 4.25. The largest absolute Gasteiger partial charge is 0.424 e. The number of nitrogens with one attached hydrogen (secondary N) is 1. The van der Waals surface area contributed by atoms with Crippen molar-refractivity contribution in [1.82, 2.24) is 0 Å². The highest BCUT2D eigenvalue weighted by atomic mass is 16.5. The standard InChI is InChI=1S/C15H17N5O2/c16-8-11-13(19)22-15(20-4-6-21-7-5-20)3-1-2-12(15)14(11,9-17)10-18/h12H,1-7,19H2/p+1/t12-,15-/m0/s1. The molecule has 0 unspecified atom stereocenters. The second-order valence-corrected chi connectivity index (χ2v) is 6.03. The Kier molecular flexibility index (Phi) is 3.45. The zero-order valence-electron chi connectivity index (χ0n) is 12.3. The van der Waals surface area contributed by atoms with E-state index in [-0.39, 0.29) is 17.4 Å². The molecular formula is C15H18N5O2+. The van der Waals surface area contributed by atoms with Crippen molar-refractivity contribution >= 4 is 0 Å². The van der Waals surface area contributed by atoms with E-state index in [0.717, 1.165) is 30.8 Å². The molecule has 2 heterocycles. The zero-order chi connectivity index (χ0) is 15.8. The van der Waals surface area contributed by atoms with Crippen LogP contribution in [-0.2, 0) is 9.47 Å². The fraction of sp³-hybridized carbons (Fsp3) is 0.667. The van der Waals surface area contributed by atoms with Crippen LogP contribution in [0.3, 0.4) is 0 Å². The van der Waals surface area contributed by atoms with Crippen molar-refractivity contribution in [2.24, 2.45) is 17.1 Å². The van der Waals surface area contributed by atoms with Crippen LogP contribution in [0.2, 0.25) is 0 Å². The van der Waals surface area contributed by atoms with Gasteiger partial charge in [-0.2, -0.15) is 15.8 Å². The molecule has 2 fully saturated rings. The third-order valence-electron chi connectivity index (χ3n) is 5.22. The number of fused-ring (bicyclic) bond motifs is 1. The number of nitrogens with zero attached hydrogens (tertiary/aromatic N) is 3. The molecule has 0 spiro atoms. The second-order valence-electron chi connectivity index (χ2n) is 6.03. The predicted molar refractivity (Wildman–Crippen MR) is 73.2 cm³/mol. The minimum atomic E-state index is -1.51. The first-order valence-corrected chi connectivity index (χ1v) is 7.49. The molecule has 7 nitrogen and oxygen atoms in total. The van der Waals surface area contributed by atoms with Gasteiger partial charge in [-0.25, -0.2) is 0 Å². The molecule has 0 amide bonds. The lowest BCUT2D eigenvalue weighted by molar-refractivity contribution is -0.989. The van der Waals surface area contributed by atoms with Crippen LogP contribution in [-0.4, -0.2) is 32.0 Å². The molecule has 2 atom stereocenters. The maximum Gasteiger partial charge on any atom is 0.249 e. The predicted octanol–water partition coefficient (Wildman–Crippen LogP) is -0.844. The van der Waals surface area contributed by atoms with E-state index in [2.05, 4.69) is 12.1 Å². The van der Waals surface area contributed by atoms with Gasteiger partial charge in [0.2, 0.25) is 11.6 Å². The van der Waals surface area contributed by atoms with Gasteiger partial charge in [-0.05, 0) is 12.8 Å². The second kappa shape index (κ2) is 5.18. The quantitative estimate of drug-likeness (QED) is 0.651. The Hall–Kier alpha value is -2.27. The number of ether oxygens (including phenoxy) is 2. The Morgan fingerprint density at radius 2 is 1.86 bits per heavy atom. The monoisotopic (exact) mass is 300 g/mol. The van der Waals surface area contributed by atoms with Crippen LogP contribution in [0.15, 0.2) is 11.5 Å². The molecule has 0 aromatic carbocycles. The average molecular weight is 300 g/mol. The van der Waals surface area contributed by atoms with Gasteiger partial charge >= 0.3 is 0 Å². The van der Waals surface area contributed by atoms with Gasteiger partial charge in [0, 0.05) is 6.42 Å². The molecule has 3 aliphatic rings. The number of hydrogen-bond donors (Lipinski definition) is 2. The molecule has 0 aromatic rings. The molecular weight excluding hydrogens is 282 g/mol. The Morgan fingerprint density at radius 1 is 1.18 bits per heavy atom. The summed E-state index contributed by atoms with van der Waals surface area (Å²) in [6.07, 6.45) is 2.27. The van der Waals surface area contributed by atoms with Gasteiger partial charge in [0.25, 0.3) is 0 Å². The van der Waals surface area contributed by atoms with Gasteiger partial charge in [-0.1, -0.05) is 0 Å². The zero-order valence-corrected chi connectivity index (χ0v) is 12.3. The van der Waals surface area contributed by atoms with Crippen molar-refractivity contribution in [3.8, 4) is 18.2 Å². The van der Waals surface area contributed by atoms with Crippen LogP contribution < -0.4 is 10.6 Å². The van der Waals surface area contributed by atoms with E-state index in [1.54, 1.807) is 0 Å². The number of nitrogens with two attached hydrogens (primary N) is 1. The van der Waals surface area contributed by atoms with Crippen molar-refractivity contribution in [1.29, 1.82) is 15.8 Å². The number of rotatable bonds is 1. The molecule has 1 saturated heterocycles. The van der Waals surface area contributed by atoms with E-state index < -0.39 is 11.1 Å². The highest BCUT2D eigenvalue weighted by molar-refractivity contribution is 5.46. The van der Waals surface area contributed by atoms with Gasteiger partial charge in [0.05, 0.1) is 31.3 Å². The first kappa shape index (κ1) is 14.7. The average Bonchev–Trinajstić information content (AvgIpc) is 2.99. The first-order valence-electron chi connectivity index (χ1n) is 7.49. The van der Waals surface area contributed by atoms with Gasteiger partial charge < -0.3 is 15.2 Å². The van der Waals surface area contributed by atoms with Gasteiger partial charge in [0.15, 0.2) is 5.41 Å². The third kappa shape index (κ3) is 1.72. The van der Waals surface area contributed by atoms with Crippen molar-refractivity contribution in [3.05, 3.63) is 11.5 Å². The molecule has 3 rings (SSSR count). The van der Waals surface area contributed by atoms with E-state index in [1.807, 2.05) is 6.07 Å². The lowest BCUT2D eigenvalue weighted by atomic mass is 9.66. The smallest absolute Gasteiger partial charge is 0.249 e. The Labute approximate surface area is 129 Å². The normalized spacial score (nSPS) is 34.0. The summed E-state index contributed by atoms with van der Waals surface area (Å²) in [7, 11) is 0. The Bertz CT molecular complexity index is 618. The maximum atomic E-state index is 9.72. The number of quaternary nitrogens is 1. The van der Waals surface area contributed by atoms with E-state index >= 15 is 0 Å². The van der Waals surface area contributed by atoms with Crippen LogP contribution in [0.5, 0.6) is 0 Å². The summed E-state index contributed by atoms with van der Waals surface area (Å²) in [5.41, 5.74) is 3.71.